The quantitative estimate of drug-likeness (QED) is 0.710. The van der Waals surface area contributed by atoms with Gasteiger partial charge in [-0.25, -0.2) is 17.5 Å². The molecule has 0 bridgehead atoms. The topological polar surface area (TPSA) is 55.4 Å². The Morgan fingerprint density at radius 2 is 1.84 bits per heavy atom. The Balaban J connectivity index is 2.24. The molecule has 0 aliphatic rings. The van der Waals surface area contributed by atoms with Gasteiger partial charge in [0.15, 0.2) is 0 Å². The molecule has 2 aromatic rings. The summed E-state index contributed by atoms with van der Waals surface area (Å²) in [5.41, 5.74) is -1.36. The van der Waals surface area contributed by atoms with Crippen LogP contribution in [0, 0.1) is 5.82 Å². The zero-order valence-corrected chi connectivity index (χ0v) is 15.1. The molecule has 0 atom stereocenters. The van der Waals surface area contributed by atoms with Gasteiger partial charge in [0.1, 0.15) is 16.5 Å². The lowest BCUT2D eigenvalue weighted by Gasteiger charge is -2.12. The average Bonchev–Trinajstić information content (AvgIpc) is 2.52. The van der Waals surface area contributed by atoms with Gasteiger partial charge in [0.2, 0.25) is 10.0 Å². The number of halogens is 5. The first-order valence-electron chi connectivity index (χ1n) is 6.73. The van der Waals surface area contributed by atoms with Gasteiger partial charge in [-0.3, -0.25) is 0 Å². The Bertz CT molecular complexity index is 885. The molecule has 0 unspecified atom stereocenters. The molecule has 10 heteroatoms. The van der Waals surface area contributed by atoms with Crippen LogP contribution in [-0.4, -0.2) is 15.5 Å². The molecule has 1 N–H and O–H groups in total. The summed E-state index contributed by atoms with van der Waals surface area (Å²) in [4.78, 5) is -0.156. The summed E-state index contributed by atoms with van der Waals surface area (Å²) < 4.78 is 83.5. The van der Waals surface area contributed by atoms with E-state index in [1.165, 1.54) is 19.2 Å². The Hall–Kier alpha value is -1.65. The highest BCUT2D eigenvalue weighted by atomic mass is 79.9. The molecule has 0 radical (unpaired) electrons. The van der Waals surface area contributed by atoms with Crippen LogP contribution in [0.4, 0.5) is 17.6 Å². The van der Waals surface area contributed by atoms with Crippen LogP contribution in [0.2, 0.25) is 0 Å². The van der Waals surface area contributed by atoms with Crippen molar-refractivity contribution in [3.8, 4) is 5.75 Å². The average molecular weight is 442 g/mol. The fourth-order valence-corrected chi connectivity index (χ4v) is 3.74. The molecule has 136 valence electrons. The number of ether oxygens (including phenoxy) is 1. The lowest BCUT2D eigenvalue weighted by atomic mass is 10.1. The van der Waals surface area contributed by atoms with Crippen molar-refractivity contribution in [1.82, 2.24) is 4.72 Å². The fraction of sp³-hybridized carbons (Fsp3) is 0.200. The molecule has 0 saturated carbocycles. The molecular weight excluding hydrogens is 430 g/mol. The van der Waals surface area contributed by atoms with E-state index in [1.54, 1.807) is 6.07 Å². The van der Waals surface area contributed by atoms with E-state index in [0.717, 1.165) is 6.07 Å². The Morgan fingerprint density at radius 3 is 2.40 bits per heavy atom. The van der Waals surface area contributed by atoms with Crippen molar-refractivity contribution in [2.24, 2.45) is 0 Å². The van der Waals surface area contributed by atoms with E-state index < -0.39 is 27.6 Å². The third-order valence-corrected chi connectivity index (χ3v) is 5.14. The van der Waals surface area contributed by atoms with Crippen molar-refractivity contribution in [1.29, 1.82) is 0 Å². The molecule has 2 rings (SSSR count). The maximum atomic E-state index is 13.5. The van der Waals surface area contributed by atoms with E-state index in [9.17, 15) is 26.0 Å². The van der Waals surface area contributed by atoms with E-state index in [4.69, 9.17) is 4.74 Å². The number of sulfonamides is 1. The predicted molar refractivity (Wildman–Crippen MR) is 86.1 cm³/mol. The monoisotopic (exact) mass is 441 g/mol. The second-order valence-corrected chi connectivity index (χ2v) is 7.58. The maximum absolute atomic E-state index is 13.5. The molecule has 0 aromatic heterocycles. The Labute approximate surface area is 150 Å². The Kier molecular flexibility index (Phi) is 5.75. The van der Waals surface area contributed by atoms with Crippen molar-refractivity contribution < 1.29 is 30.7 Å². The van der Waals surface area contributed by atoms with Crippen LogP contribution < -0.4 is 9.46 Å². The summed E-state index contributed by atoms with van der Waals surface area (Å²) in [5, 5.41) is 0. The molecule has 0 aliphatic carbocycles. The predicted octanol–water partition coefficient (Wildman–Crippen LogP) is 4.09. The summed E-state index contributed by atoms with van der Waals surface area (Å²) in [5.74, 6) is -1.38. The maximum Gasteiger partial charge on any atom is 0.419 e. The minimum Gasteiger partial charge on any atom is -0.495 e. The largest absolute Gasteiger partial charge is 0.495 e. The van der Waals surface area contributed by atoms with Gasteiger partial charge in [-0.2, -0.15) is 13.2 Å². The van der Waals surface area contributed by atoms with Gasteiger partial charge in [-0.05, 0) is 35.9 Å². The van der Waals surface area contributed by atoms with Crippen LogP contribution in [-0.2, 0) is 22.7 Å². The van der Waals surface area contributed by atoms with Gasteiger partial charge in [0.25, 0.3) is 0 Å². The third-order valence-electron chi connectivity index (χ3n) is 3.22. The van der Waals surface area contributed by atoms with Crippen LogP contribution >= 0.6 is 15.9 Å². The summed E-state index contributed by atoms with van der Waals surface area (Å²) in [7, 11) is -2.73. The summed E-state index contributed by atoms with van der Waals surface area (Å²) in [6, 6.07) is 6.56. The van der Waals surface area contributed by atoms with E-state index in [1.807, 2.05) is 0 Å². The number of nitrogens with one attached hydrogen (secondary N) is 1. The smallest absolute Gasteiger partial charge is 0.419 e. The molecule has 0 fully saturated rings. The first-order chi connectivity index (χ1) is 11.5. The lowest BCUT2D eigenvalue weighted by Crippen LogP contribution is -2.24. The minimum atomic E-state index is -4.81. The van der Waals surface area contributed by atoms with Gasteiger partial charge in [-0.1, -0.05) is 22.0 Å². The minimum absolute atomic E-state index is 0.0445. The summed E-state index contributed by atoms with van der Waals surface area (Å²) >= 11 is 3.15. The number of hydrogen-bond acceptors (Lipinski definition) is 3. The number of benzene rings is 2. The van der Waals surface area contributed by atoms with Crippen molar-refractivity contribution in [2.45, 2.75) is 17.6 Å². The van der Waals surface area contributed by atoms with E-state index in [0.29, 0.717) is 16.6 Å². The van der Waals surface area contributed by atoms with E-state index >= 15 is 0 Å². The molecule has 2 aromatic carbocycles. The van der Waals surface area contributed by atoms with Crippen LogP contribution in [0.3, 0.4) is 0 Å². The molecule has 4 nitrogen and oxygen atoms in total. The Morgan fingerprint density at radius 1 is 1.16 bits per heavy atom. The number of hydrogen-bond donors (Lipinski definition) is 1. The summed E-state index contributed by atoms with van der Waals surface area (Å²) in [6.45, 7) is -0.382. The van der Waals surface area contributed by atoms with Crippen LogP contribution in [0.25, 0.3) is 0 Å². The molecule has 25 heavy (non-hydrogen) atoms. The summed E-state index contributed by atoms with van der Waals surface area (Å²) in [6.07, 6.45) is -4.81. The van der Waals surface area contributed by atoms with E-state index in [-0.39, 0.29) is 22.8 Å². The standard InChI is InChI=1S/C15H12BrF4NO3S/c1-24-13-5-3-10(16)7-14(13)25(22,23)21-8-9-2-4-11(12(17)6-9)15(18,19)20/h2-7,21H,8H2,1H3. The third kappa shape index (κ3) is 4.71. The normalized spacial score (nSPS) is 12.2. The van der Waals surface area contributed by atoms with Gasteiger partial charge in [-0.15, -0.1) is 0 Å². The number of alkyl halides is 3. The van der Waals surface area contributed by atoms with Crippen LogP contribution in [0.15, 0.2) is 45.8 Å². The zero-order chi connectivity index (χ0) is 18.8. The molecular formula is C15H12BrF4NO3S. The van der Waals surface area contributed by atoms with E-state index in [2.05, 4.69) is 20.7 Å². The molecule has 0 amide bonds. The lowest BCUT2D eigenvalue weighted by molar-refractivity contribution is -0.140. The highest BCUT2D eigenvalue weighted by Gasteiger charge is 2.34. The fourth-order valence-electron chi connectivity index (χ4n) is 2.02. The van der Waals surface area contributed by atoms with Gasteiger partial charge < -0.3 is 4.74 Å². The van der Waals surface area contributed by atoms with Crippen molar-refractivity contribution in [3.63, 3.8) is 0 Å². The number of rotatable bonds is 5. The molecule has 0 spiro atoms. The van der Waals surface area contributed by atoms with Gasteiger partial charge in [0.05, 0.1) is 12.7 Å². The van der Waals surface area contributed by atoms with Crippen molar-refractivity contribution >= 4 is 26.0 Å². The first kappa shape index (κ1) is 19.7. The van der Waals surface area contributed by atoms with Gasteiger partial charge in [0, 0.05) is 11.0 Å². The first-order valence-corrected chi connectivity index (χ1v) is 9.01. The van der Waals surface area contributed by atoms with Crippen molar-refractivity contribution in [3.05, 3.63) is 57.8 Å². The highest BCUT2D eigenvalue weighted by molar-refractivity contribution is 9.10. The van der Waals surface area contributed by atoms with Crippen LogP contribution in [0.1, 0.15) is 11.1 Å². The molecule has 0 saturated heterocycles. The molecule has 0 aliphatic heterocycles. The zero-order valence-electron chi connectivity index (χ0n) is 12.7. The SMILES string of the molecule is COc1ccc(Br)cc1S(=O)(=O)NCc1ccc(C(F)(F)F)c(F)c1. The van der Waals surface area contributed by atoms with Crippen LogP contribution in [0.5, 0.6) is 5.75 Å². The second-order valence-electron chi connectivity index (χ2n) is 4.93. The highest BCUT2D eigenvalue weighted by Crippen LogP contribution is 2.32. The van der Waals surface area contributed by atoms with Crippen molar-refractivity contribution in [2.75, 3.05) is 7.11 Å². The molecule has 0 heterocycles. The second kappa shape index (κ2) is 7.30. The number of methoxy groups -OCH3 is 1. The van der Waals surface area contributed by atoms with Gasteiger partial charge >= 0.3 is 6.18 Å².